The number of anilines is 2. The molecule has 2 aromatic rings. The zero-order valence-electron chi connectivity index (χ0n) is 14.9. The number of hydrogen-bond acceptors (Lipinski definition) is 3. The van der Waals surface area contributed by atoms with Crippen LogP contribution in [0, 0.1) is 0 Å². The van der Waals surface area contributed by atoms with Gasteiger partial charge in [-0.1, -0.05) is 57.2 Å². The Balaban J connectivity index is 2.04. The average Bonchev–Trinajstić information content (AvgIpc) is 2.67. The van der Waals surface area contributed by atoms with Crippen LogP contribution < -0.4 is 9.44 Å². The van der Waals surface area contributed by atoms with Crippen molar-refractivity contribution in [3.63, 3.8) is 0 Å². The Morgan fingerprint density at radius 1 is 0.667 bits per heavy atom. The maximum Gasteiger partial charge on any atom is 0.389 e. The van der Waals surface area contributed by atoms with Crippen molar-refractivity contribution in [2.24, 2.45) is 0 Å². The third-order valence-electron chi connectivity index (χ3n) is 4.75. The lowest BCUT2D eigenvalue weighted by Gasteiger charge is -2.50. The highest BCUT2D eigenvalue weighted by Crippen LogP contribution is 2.31. The van der Waals surface area contributed by atoms with E-state index in [1.54, 1.807) is 0 Å². The second-order valence-corrected chi connectivity index (χ2v) is 6.24. The van der Waals surface area contributed by atoms with E-state index in [9.17, 15) is 0 Å². The van der Waals surface area contributed by atoms with Crippen molar-refractivity contribution >= 4 is 32.5 Å². The highest BCUT2D eigenvalue weighted by Gasteiger charge is 2.47. The molecule has 1 aliphatic heterocycles. The van der Waals surface area contributed by atoms with Crippen molar-refractivity contribution in [1.29, 1.82) is 0 Å². The van der Waals surface area contributed by atoms with E-state index in [4.69, 9.17) is 4.57 Å². The summed E-state index contributed by atoms with van der Waals surface area (Å²) in [5, 5.41) is 0. The summed E-state index contributed by atoms with van der Waals surface area (Å²) < 4.78 is 11.4. The summed E-state index contributed by atoms with van der Waals surface area (Å²) >= 11 is 0. The molecule has 0 aliphatic carbocycles. The summed E-state index contributed by atoms with van der Waals surface area (Å²) in [6.07, 6.45) is 3.00. The van der Waals surface area contributed by atoms with E-state index in [0.29, 0.717) is 6.98 Å². The summed E-state index contributed by atoms with van der Waals surface area (Å²) in [5.41, 5.74) is 2.46. The molecule has 122 valence electrons. The smallest absolute Gasteiger partial charge is 0.389 e. The van der Waals surface area contributed by atoms with E-state index in [0.717, 1.165) is 19.0 Å². The molecule has 6 heteroatoms. The minimum absolute atomic E-state index is 0.113. The van der Waals surface area contributed by atoms with Gasteiger partial charge in [-0.05, 0) is 43.2 Å². The van der Waals surface area contributed by atoms with Gasteiger partial charge in [-0.15, -0.1) is 0 Å². The highest BCUT2D eigenvalue weighted by atomic mass is 16.4. The number of hydrogen-bond donors (Lipinski definition) is 0. The Hall–Kier alpha value is -1.81. The van der Waals surface area contributed by atoms with Crippen molar-refractivity contribution in [3.05, 3.63) is 60.7 Å². The lowest BCUT2D eigenvalue weighted by Crippen LogP contribution is -2.70. The molecule has 1 heterocycles. The monoisotopic (exact) mass is 318 g/mol. The molecule has 24 heavy (non-hydrogen) atoms. The maximum atomic E-state index is 6.50. The van der Waals surface area contributed by atoms with Crippen LogP contribution in [0.1, 0.15) is 20.8 Å². The van der Waals surface area contributed by atoms with Crippen LogP contribution in [0.25, 0.3) is 0 Å². The van der Waals surface area contributed by atoms with Gasteiger partial charge in [0.1, 0.15) is 0 Å². The first kappa shape index (κ1) is 17.0. The topological polar surface area (TPSA) is 15.7 Å². The SMILES string of the molecule is CCB1OB(CC)N(c2ccccc2)B(CC)N1c1ccccc1. The van der Waals surface area contributed by atoms with Gasteiger partial charge in [-0.3, -0.25) is 0 Å². The Bertz CT molecular complexity index is 575. The molecule has 0 N–H and O–H groups in total. The predicted octanol–water partition coefficient (Wildman–Crippen LogP) is 4.55. The number of benzene rings is 2. The summed E-state index contributed by atoms with van der Waals surface area (Å²) in [5.74, 6) is 0. The lowest BCUT2D eigenvalue weighted by atomic mass is 9.47. The van der Waals surface area contributed by atoms with Gasteiger partial charge < -0.3 is 14.0 Å². The fourth-order valence-electron chi connectivity index (χ4n) is 3.69. The van der Waals surface area contributed by atoms with E-state index in [1.807, 2.05) is 0 Å². The fourth-order valence-corrected chi connectivity index (χ4v) is 3.69. The van der Waals surface area contributed by atoms with Gasteiger partial charge in [-0.25, -0.2) is 0 Å². The second-order valence-electron chi connectivity index (χ2n) is 6.24. The Morgan fingerprint density at radius 2 is 1.08 bits per heavy atom. The summed E-state index contributed by atoms with van der Waals surface area (Å²) in [7, 11) is 0.226. The van der Waals surface area contributed by atoms with Crippen LogP contribution in [-0.2, 0) is 4.57 Å². The molecule has 0 aromatic heterocycles. The molecule has 0 bridgehead atoms. The third kappa shape index (κ3) is 3.20. The van der Waals surface area contributed by atoms with Gasteiger partial charge in [0.15, 0.2) is 0 Å². The first-order chi connectivity index (χ1) is 11.8. The van der Waals surface area contributed by atoms with E-state index < -0.39 is 0 Å². The highest BCUT2D eigenvalue weighted by molar-refractivity contribution is 6.96. The van der Waals surface area contributed by atoms with Gasteiger partial charge in [-0.2, -0.15) is 0 Å². The van der Waals surface area contributed by atoms with Crippen LogP contribution in [0.15, 0.2) is 60.7 Å². The molecule has 0 saturated carbocycles. The van der Waals surface area contributed by atoms with Crippen molar-refractivity contribution in [2.45, 2.75) is 39.7 Å². The van der Waals surface area contributed by atoms with Gasteiger partial charge in [0, 0.05) is 11.4 Å². The van der Waals surface area contributed by atoms with Crippen LogP contribution in [0.4, 0.5) is 11.4 Å². The van der Waals surface area contributed by atoms with E-state index >= 15 is 0 Å². The quantitative estimate of drug-likeness (QED) is 0.752. The van der Waals surface area contributed by atoms with E-state index in [-0.39, 0.29) is 14.1 Å². The minimum atomic E-state index is 0.113. The lowest BCUT2D eigenvalue weighted by molar-refractivity contribution is 0.571. The molecular formula is C18H25B3N2O. The molecule has 1 fully saturated rings. The Morgan fingerprint density at radius 3 is 1.42 bits per heavy atom. The first-order valence-corrected chi connectivity index (χ1v) is 9.12. The molecule has 3 nitrogen and oxygen atoms in total. The largest absolute Gasteiger partial charge is 0.463 e. The van der Waals surface area contributed by atoms with Gasteiger partial charge in [0.25, 0.3) is 0 Å². The van der Waals surface area contributed by atoms with Crippen molar-refractivity contribution in [3.8, 4) is 0 Å². The summed E-state index contributed by atoms with van der Waals surface area (Å²) in [4.78, 5) is 0. The fraction of sp³-hybridized carbons (Fsp3) is 0.333. The predicted molar refractivity (Wildman–Crippen MR) is 108 cm³/mol. The van der Waals surface area contributed by atoms with Gasteiger partial charge in [0.05, 0.1) is 0 Å². The first-order valence-electron chi connectivity index (χ1n) is 9.12. The normalized spacial score (nSPS) is 15.2. The molecule has 3 rings (SSSR count). The molecule has 0 amide bonds. The number of nitrogens with zero attached hydrogens (tertiary/aromatic N) is 2. The van der Waals surface area contributed by atoms with E-state index in [1.165, 1.54) is 11.4 Å². The zero-order valence-corrected chi connectivity index (χ0v) is 14.9. The molecule has 2 aromatic carbocycles. The van der Waals surface area contributed by atoms with E-state index in [2.05, 4.69) is 90.9 Å². The molecule has 0 radical (unpaired) electrons. The average molecular weight is 318 g/mol. The Labute approximate surface area is 147 Å². The van der Waals surface area contributed by atoms with Crippen LogP contribution in [-0.4, -0.2) is 21.1 Å². The van der Waals surface area contributed by atoms with Gasteiger partial charge >= 0.3 is 21.1 Å². The van der Waals surface area contributed by atoms with Gasteiger partial charge in [0.2, 0.25) is 0 Å². The van der Waals surface area contributed by atoms with Crippen LogP contribution in [0.5, 0.6) is 0 Å². The molecular weight excluding hydrogens is 293 g/mol. The van der Waals surface area contributed by atoms with Crippen LogP contribution in [0.3, 0.4) is 0 Å². The zero-order chi connectivity index (χ0) is 16.9. The van der Waals surface area contributed by atoms with Crippen molar-refractivity contribution in [1.82, 2.24) is 0 Å². The third-order valence-corrected chi connectivity index (χ3v) is 4.75. The van der Waals surface area contributed by atoms with Crippen molar-refractivity contribution < 1.29 is 4.57 Å². The van der Waals surface area contributed by atoms with Crippen LogP contribution in [0.2, 0.25) is 19.0 Å². The molecule has 0 atom stereocenters. The molecule has 0 spiro atoms. The number of para-hydroxylation sites is 2. The molecule has 1 saturated heterocycles. The standard InChI is InChI=1S/C18H25B3N2O/c1-4-19-22(17-13-9-7-10-14-17)20(5-2)24-21(6-3)23(19)18-15-11-8-12-16-18/h7-16H,4-6H2,1-3H3. The maximum absolute atomic E-state index is 6.50. The molecule has 0 unspecified atom stereocenters. The number of rotatable bonds is 5. The minimum Gasteiger partial charge on any atom is -0.463 e. The van der Waals surface area contributed by atoms with Crippen LogP contribution >= 0.6 is 0 Å². The second kappa shape index (κ2) is 7.84. The Kier molecular flexibility index (Phi) is 5.57. The van der Waals surface area contributed by atoms with Crippen molar-refractivity contribution in [2.75, 3.05) is 9.44 Å². The molecule has 1 aliphatic rings. The summed E-state index contributed by atoms with van der Waals surface area (Å²) in [6.45, 7) is 6.97. The summed E-state index contributed by atoms with van der Waals surface area (Å²) in [6, 6.07) is 21.3.